The number of fused-ring (bicyclic) bond motifs is 1. The van der Waals surface area contributed by atoms with E-state index in [9.17, 15) is 9.90 Å². The zero-order valence-electron chi connectivity index (χ0n) is 16.2. The van der Waals surface area contributed by atoms with Gasteiger partial charge in [-0.1, -0.05) is 56.9 Å². The molecule has 0 saturated heterocycles. The van der Waals surface area contributed by atoms with Gasteiger partial charge in [-0.3, -0.25) is 4.79 Å². The van der Waals surface area contributed by atoms with Crippen LogP contribution in [0.2, 0.25) is 0 Å². The lowest BCUT2D eigenvalue weighted by Gasteiger charge is -2.29. The van der Waals surface area contributed by atoms with Crippen LogP contribution in [0.1, 0.15) is 94.1 Å². The van der Waals surface area contributed by atoms with Gasteiger partial charge in [0.25, 0.3) is 0 Å². The Morgan fingerprint density at radius 3 is 2.04 bits per heavy atom. The Kier molecular flexibility index (Phi) is 5.38. The molecule has 1 N–H and O–H groups in total. The van der Waals surface area contributed by atoms with Crippen molar-refractivity contribution < 1.29 is 9.90 Å². The number of rotatable bonds is 7. The lowest BCUT2D eigenvalue weighted by Crippen LogP contribution is -2.13. The van der Waals surface area contributed by atoms with Crippen LogP contribution in [0.15, 0.2) is 24.3 Å². The summed E-state index contributed by atoms with van der Waals surface area (Å²) in [5.74, 6) is 2.66. The minimum absolute atomic E-state index is 0.0296. The highest BCUT2D eigenvalue weighted by atomic mass is 16.4. The highest BCUT2D eigenvalue weighted by molar-refractivity contribution is 5.74. The van der Waals surface area contributed by atoms with Crippen LogP contribution < -0.4 is 0 Å². The van der Waals surface area contributed by atoms with Gasteiger partial charge < -0.3 is 5.11 Å². The fourth-order valence-electron chi connectivity index (χ4n) is 5.99. The Hall–Kier alpha value is -1.31. The second-order valence-electron chi connectivity index (χ2n) is 9.24. The van der Waals surface area contributed by atoms with Gasteiger partial charge in [0.15, 0.2) is 0 Å². The molecule has 0 amide bonds. The molecule has 4 atom stereocenters. The van der Waals surface area contributed by atoms with Crippen molar-refractivity contribution in [1.29, 1.82) is 0 Å². The predicted octanol–water partition coefficient (Wildman–Crippen LogP) is 6.36. The predicted molar refractivity (Wildman–Crippen MR) is 105 cm³/mol. The molecule has 0 aliphatic heterocycles. The summed E-state index contributed by atoms with van der Waals surface area (Å²) in [4.78, 5) is 11.1. The van der Waals surface area contributed by atoms with Crippen LogP contribution in [0.3, 0.4) is 0 Å². The zero-order valence-corrected chi connectivity index (χ0v) is 16.2. The Morgan fingerprint density at radius 2 is 1.50 bits per heavy atom. The maximum Gasteiger partial charge on any atom is 0.307 e. The van der Waals surface area contributed by atoms with E-state index in [4.69, 9.17) is 0 Å². The minimum Gasteiger partial charge on any atom is -0.481 e. The Bertz CT molecular complexity index is 600. The number of carboxylic acids is 1. The first-order chi connectivity index (χ1) is 12.7. The van der Waals surface area contributed by atoms with Crippen LogP contribution in [0.5, 0.6) is 0 Å². The molecule has 4 rings (SSSR count). The van der Waals surface area contributed by atoms with Gasteiger partial charge in [-0.2, -0.15) is 0 Å². The quantitative estimate of drug-likeness (QED) is 0.578. The van der Waals surface area contributed by atoms with Crippen molar-refractivity contribution in [2.24, 2.45) is 23.7 Å². The van der Waals surface area contributed by atoms with Gasteiger partial charge in [-0.25, -0.2) is 0 Å². The molecule has 0 radical (unpaired) electrons. The monoisotopic (exact) mass is 354 g/mol. The number of carboxylic acid groups (broad SMARTS) is 1. The maximum absolute atomic E-state index is 11.1. The molecule has 2 heteroatoms. The molecule has 1 aromatic rings. The Balaban J connectivity index is 1.26. The topological polar surface area (TPSA) is 37.3 Å². The van der Waals surface area contributed by atoms with E-state index in [1.165, 1.54) is 62.5 Å². The third-order valence-electron chi connectivity index (χ3n) is 7.67. The number of unbranched alkanes of at least 4 members (excludes halogenated alkanes) is 2. The number of benzene rings is 1. The molecule has 3 aliphatic rings. The third kappa shape index (κ3) is 3.70. The van der Waals surface area contributed by atoms with Gasteiger partial charge in [0, 0.05) is 0 Å². The van der Waals surface area contributed by atoms with Crippen LogP contribution in [-0.4, -0.2) is 11.1 Å². The summed E-state index contributed by atoms with van der Waals surface area (Å²) in [6, 6.07) is 9.42. The minimum atomic E-state index is -0.570. The highest BCUT2D eigenvalue weighted by Gasteiger charge is 2.59. The van der Waals surface area contributed by atoms with Gasteiger partial charge >= 0.3 is 5.97 Å². The summed E-state index contributed by atoms with van der Waals surface area (Å²) in [5, 5.41) is 9.18. The third-order valence-corrected chi connectivity index (χ3v) is 7.67. The van der Waals surface area contributed by atoms with Crippen molar-refractivity contribution in [3.8, 4) is 0 Å². The van der Waals surface area contributed by atoms with E-state index in [2.05, 4.69) is 31.2 Å². The molecule has 142 valence electrons. The Morgan fingerprint density at radius 1 is 0.923 bits per heavy atom. The number of carbonyl (C=O) groups is 1. The van der Waals surface area contributed by atoms with Crippen molar-refractivity contribution in [3.63, 3.8) is 0 Å². The molecule has 0 spiro atoms. The lowest BCUT2D eigenvalue weighted by molar-refractivity contribution is -0.139. The molecular weight excluding hydrogens is 320 g/mol. The van der Waals surface area contributed by atoms with E-state index < -0.39 is 5.97 Å². The summed E-state index contributed by atoms with van der Waals surface area (Å²) in [6.45, 7) is 2.29. The SMILES string of the molecule is CCCCCC1CCC(c2ccc(C3C[C@@H]4C(C(=O)O)[C@@H]4C3)cc2)CC1. The van der Waals surface area contributed by atoms with Crippen molar-refractivity contribution in [2.45, 2.75) is 83.0 Å². The molecule has 3 fully saturated rings. The van der Waals surface area contributed by atoms with Crippen molar-refractivity contribution in [3.05, 3.63) is 35.4 Å². The molecule has 2 unspecified atom stereocenters. The van der Waals surface area contributed by atoms with Gasteiger partial charge in [0.1, 0.15) is 0 Å². The van der Waals surface area contributed by atoms with Gasteiger partial charge in [-0.05, 0) is 79.2 Å². The summed E-state index contributed by atoms with van der Waals surface area (Å²) >= 11 is 0. The first-order valence-corrected chi connectivity index (χ1v) is 11.0. The van der Waals surface area contributed by atoms with Gasteiger partial charge in [0.05, 0.1) is 5.92 Å². The second kappa shape index (κ2) is 7.74. The standard InChI is InChI=1S/C24H34O2/c1-2-3-4-5-16-6-8-17(9-7-16)18-10-12-19(13-11-18)20-14-21-22(15-20)23(21)24(25)26/h10-13,16-17,20-23H,2-9,14-15H2,1H3,(H,25,26)/t16?,17?,20?,21-,22+,23?. The molecule has 0 aromatic heterocycles. The molecular formula is C24H34O2. The number of aliphatic carboxylic acids is 1. The average Bonchev–Trinajstić information content (AvgIpc) is 3.18. The number of hydrogen-bond donors (Lipinski definition) is 1. The van der Waals surface area contributed by atoms with E-state index in [0.29, 0.717) is 17.8 Å². The van der Waals surface area contributed by atoms with E-state index in [1.807, 2.05) is 0 Å². The van der Waals surface area contributed by atoms with Crippen LogP contribution in [0.25, 0.3) is 0 Å². The molecule has 0 bridgehead atoms. The normalized spacial score (nSPS) is 35.9. The van der Waals surface area contributed by atoms with Crippen LogP contribution in [0.4, 0.5) is 0 Å². The zero-order chi connectivity index (χ0) is 18.1. The van der Waals surface area contributed by atoms with Crippen LogP contribution in [-0.2, 0) is 4.79 Å². The van der Waals surface area contributed by atoms with E-state index >= 15 is 0 Å². The number of hydrogen-bond acceptors (Lipinski definition) is 1. The fourth-order valence-corrected chi connectivity index (χ4v) is 5.99. The lowest BCUT2D eigenvalue weighted by atomic mass is 9.76. The first-order valence-electron chi connectivity index (χ1n) is 11.0. The summed E-state index contributed by atoms with van der Waals surface area (Å²) < 4.78 is 0. The van der Waals surface area contributed by atoms with Crippen molar-refractivity contribution >= 4 is 5.97 Å². The summed E-state index contributed by atoms with van der Waals surface area (Å²) in [5.41, 5.74) is 2.98. The van der Waals surface area contributed by atoms with Crippen molar-refractivity contribution in [1.82, 2.24) is 0 Å². The molecule has 3 aliphatic carbocycles. The van der Waals surface area contributed by atoms with Crippen molar-refractivity contribution in [2.75, 3.05) is 0 Å². The maximum atomic E-state index is 11.1. The van der Waals surface area contributed by atoms with Gasteiger partial charge in [-0.15, -0.1) is 0 Å². The average molecular weight is 355 g/mol. The highest BCUT2D eigenvalue weighted by Crippen LogP contribution is 2.62. The smallest absolute Gasteiger partial charge is 0.307 e. The first kappa shape index (κ1) is 18.1. The summed E-state index contributed by atoms with van der Waals surface area (Å²) in [7, 11) is 0. The van der Waals surface area contributed by atoms with Gasteiger partial charge in [0.2, 0.25) is 0 Å². The molecule has 1 aromatic carbocycles. The van der Waals surface area contributed by atoms with Crippen LogP contribution in [0, 0.1) is 23.7 Å². The molecule has 0 heterocycles. The van der Waals surface area contributed by atoms with Crippen LogP contribution >= 0.6 is 0 Å². The second-order valence-corrected chi connectivity index (χ2v) is 9.24. The molecule has 3 saturated carbocycles. The summed E-state index contributed by atoms with van der Waals surface area (Å²) in [6.07, 6.45) is 13.3. The Labute approximate surface area is 158 Å². The van der Waals surface area contributed by atoms with E-state index in [0.717, 1.165) is 24.7 Å². The molecule has 26 heavy (non-hydrogen) atoms. The largest absolute Gasteiger partial charge is 0.481 e. The van der Waals surface area contributed by atoms with E-state index in [1.54, 1.807) is 0 Å². The van der Waals surface area contributed by atoms with E-state index in [-0.39, 0.29) is 5.92 Å². The molecule has 2 nitrogen and oxygen atoms in total. The fraction of sp³-hybridized carbons (Fsp3) is 0.708.